The third-order valence-corrected chi connectivity index (χ3v) is 5.59. The molecule has 0 spiro atoms. The molecule has 0 fully saturated rings. The van der Waals surface area contributed by atoms with E-state index in [9.17, 15) is 19.2 Å². The molecule has 8 nitrogen and oxygen atoms in total. The molecule has 0 radical (unpaired) electrons. The molecular formula is C23H22N2O6S. The first-order valence-corrected chi connectivity index (χ1v) is 10.8. The van der Waals surface area contributed by atoms with Gasteiger partial charge in [-0.3, -0.25) is 19.2 Å². The lowest BCUT2D eigenvalue weighted by Gasteiger charge is -2.22. The predicted octanol–water partition coefficient (Wildman–Crippen LogP) is 3.39. The number of benzene rings is 2. The zero-order valence-electron chi connectivity index (χ0n) is 18.3. The minimum Gasteiger partial charge on any atom is -0.497 e. The van der Waals surface area contributed by atoms with E-state index < -0.39 is 28.9 Å². The summed E-state index contributed by atoms with van der Waals surface area (Å²) in [7, 11) is 3.01. The van der Waals surface area contributed by atoms with Gasteiger partial charge in [0.1, 0.15) is 11.3 Å². The molecule has 2 amide bonds. The smallest absolute Gasteiger partial charge is 0.308 e. The van der Waals surface area contributed by atoms with Crippen LogP contribution in [0.15, 0.2) is 52.2 Å². The highest BCUT2D eigenvalue weighted by atomic mass is 32.2. The molecule has 1 aromatic heterocycles. The van der Waals surface area contributed by atoms with Crippen molar-refractivity contribution in [1.29, 1.82) is 0 Å². The average Bonchev–Trinajstić information content (AvgIpc) is 2.77. The molecule has 32 heavy (non-hydrogen) atoms. The van der Waals surface area contributed by atoms with Gasteiger partial charge in [-0.15, -0.1) is 11.8 Å². The van der Waals surface area contributed by atoms with Crippen molar-refractivity contribution in [1.82, 2.24) is 4.57 Å². The van der Waals surface area contributed by atoms with E-state index in [2.05, 4.69) is 0 Å². The van der Waals surface area contributed by atoms with Gasteiger partial charge in [-0.05, 0) is 48.7 Å². The number of esters is 1. The molecule has 166 valence electrons. The molecule has 3 rings (SSSR count). The molecule has 0 saturated carbocycles. The number of rotatable bonds is 5. The van der Waals surface area contributed by atoms with Crippen LogP contribution in [0.4, 0.5) is 5.69 Å². The van der Waals surface area contributed by atoms with Crippen LogP contribution >= 0.6 is 11.8 Å². The van der Waals surface area contributed by atoms with Crippen LogP contribution in [0.3, 0.4) is 0 Å². The second kappa shape index (κ2) is 9.27. The van der Waals surface area contributed by atoms with Gasteiger partial charge in [-0.25, -0.2) is 4.90 Å². The zero-order valence-corrected chi connectivity index (χ0v) is 19.1. The summed E-state index contributed by atoms with van der Waals surface area (Å²) in [5.41, 5.74) is -0.355. The molecule has 9 heteroatoms. The summed E-state index contributed by atoms with van der Waals surface area (Å²) in [6.45, 7) is 2.40. The largest absolute Gasteiger partial charge is 0.497 e. The van der Waals surface area contributed by atoms with Gasteiger partial charge in [0.2, 0.25) is 5.91 Å². The van der Waals surface area contributed by atoms with Crippen LogP contribution in [0.25, 0.3) is 10.9 Å². The number of carbonyl (C=O) groups is 3. The lowest BCUT2D eigenvalue weighted by atomic mass is 10.1. The van der Waals surface area contributed by atoms with E-state index in [1.54, 1.807) is 24.3 Å². The number of pyridine rings is 1. The Balaban J connectivity index is 2.32. The van der Waals surface area contributed by atoms with Crippen molar-refractivity contribution in [2.45, 2.75) is 18.7 Å². The Labute approximate surface area is 188 Å². The number of hydrogen-bond acceptors (Lipinski definition) is 7. The maximum atomic E-state index is 13.6. The summed E-state index contributed by atoms with van der Waals surface area (Å²) >= 11 is 1.46. The van der Waals surface area contributed by atoms with E-state index >= 15 is 0 Å². The molecule has 2 aromatic carbocycles. The van der Waals surface area contributed by atoms with Gasteiger partial charge < -0.3 is 14.0 Å². The van der Waals surface area contributed by atoms with Gasteiger partial charge in [0.05, 0.1) is 18.3 Å². The Morgan fingerprint density at radius 3 is 2.22 bits per heavy atom. The zero-order chi connectivity index (χ0) is 23.6. The van der Waals surface area contributed by atoms with E-state index in [1.165, 1.54) is 56.5 Å². The second-order valence-corrected chi connectivity index (χ2v) is 7.78. The highest BCUT2D eigenvalue weighted by molar-refractivity contribution is 7.98. The Bertz CT molecular complexity index is 1280. The molecule has 0 aliphatic carbocycles. The van der Waals surface area contributed by atoms with Crippen molar-refractivity contribution in [2.75, 3.05) is 18.3 Å². The van der Waals surface area contributed by atoms with Crippen molar-refractivity contribution in [3.63, 3.8) is 0 Å². The van der Waals surface area contributed by atoms with Crippen LogP contribution in [-0.4, -0.2) is 35.7 Å². The summed E-state index contributed by atoms with van der Waals surface area (Å²) in [5.74, 6) is -1.82. The summed E-state index contributed by atoms with van der Waals surface area (Å²) < 4.78 is 11.8. The Morgan fingerprint density at radius 2 is 1.69 bits per heavy atom. The molecule has 0 aliphatic heterocycles. The van der Waals surface area contributed by atoms with E-state index in [1.807, 2.05) is 12.3 Å². The Hall–Kier alpha value is -3.59. The third-order valence-electron chi connectivity index (χ3n) is 4.86. The van der Waals surface area contributed by atoms with E-state index in [0.29, 0.717) is 16.7 Å². The van der Waals surface area contributed by atoms with Gasteiger partial charge >= 0.3 is 5.97 Å². The quantitative estimate of drug-likeness (QED) is 0.431. The first kappa shape index (κ1) is 23.1. The first-order chi connectivity index (χ1) is 15.2. The van der Waals surface area contributed by atoms with Gasteiger partial charge in [0.25, 0.3) is 11.5 Å². The molecule has 1 heterocycles. The normalized spacial score (nSPS) is 10.7. The number of aromatic nitrogens is 1. The number of hydrogen-bond donors (Lipinski definition) is 0. The van der Waals surface area contributed by atoms with Crippen molar-refractivity contribution in [2.24, 2.45) is 7.05 Å². The molecule has 0 unspecified atom stereocenters. The maximum absolute atomic E-state index is 13.6. The first-order valence-electron chi connectivity index (χ1n) is 9.57. The minimum atomic E-state index is -0.893. The predicted molar refractivity (Wildman–Crippen MR) is 123 cm³/mol. The highest BCUT2D eigenvalue weighted by Crippen LogP contribution is 2.32. The number of amides is 2. The fourth-order valence-electron chi connectivity index (χ4n) is 3.35. The Kier molecular flexibility index (Phi) is 6.69. The van der Waals surface area contributed by atoms with Gasteiger partial charge in [-0.1, -0.05) is 0 Å². The molecule has 0 aliphatic rings. The SMILES string of the molecule is COc1ccc(N(C(C)=O)C(=O)c2c(OC(C)=O)c3cc(SC)ccc3n(C)c2=O)cc1. The van der Waals surface area contributed by atoms with Crippen molar-refractivity contribution in [3.05, 3.63) is 58.4 Å². The number of thioether (sulfide) groups is 1. The molecule has 0 saturated heterocycles. The number of aryl methyl sites for hydroxylation is 1. The van der Waals surface area contributed by atoms with E-state index in [4.69, 9.17) is 9.47 Å². The van der Waals surface area contributed by atoms with Gasteiger partial charge in [0, 0.05) is 31.2 Å². The maximum Gasteiger partial charge on any atom is 0.308 e. The van der Waals surface area contributed by atoms with Gasteiger partial charge in [-0.2, -0.15) is 0 Å². The number of anilines is 1. The van der Waals surface area contributed by atoms with Crippen LogP contribution in [0, 0.1) is 0 Å². The van der Waals surface area contributed by atoms with Crippen LogP contribution < -0.4 is 19.9 Å². The fourth-order valence-corrected chi connectivity index (χ4v) is 3.79. The highest BCUT2D eigenvalue weighted by Gasteiger charge is 2.31. The van der Waals surface area contributed by atoms with Crippen LogP contribution in [-0.2, 0) is 16.6 Å². The molecule has 0 N–H and O–H groups in total. The third kappa shape index (κ3) is 4.24. The summed E-state index contributed by atoms with van der Waals surface area (Å²) in [6, 6.07) is 11.5. The number of carbonyl (C=O) groups excluding carboxylic acids is 3. The monoisotopic (exact) mass is 454 g/mol. The fraction of sp³-hybridized carbons (Fsp3) is 0.217. The molecule has 3 aromatic rings. The lowest BCUT2D eigenvalue weighted by molar-refractivity contribution is -0.131. The molecule has 0 bridgehead atoms. The van der Waals surface area contributed by atoms with E-state index in [-0.39, 0.29) is 11.4 Å². The van der Waals surface area contributed by atoms with Crippen LogP contribution in [0.2, 0.25) is 0 Å². The molecule has 0 atom stereocenters. The van der Waals surface area contributed by atoms with Crippen LogP contribution in [0.5, 0.6) is 11.5 Å². The Morgan fingerprint density at radius 1 is 1.03 bits per heavy atom. The van der Waals surface area contributed by atoms with Crippen LogP contribution in [0.1, 0.15) is 24.2 Å². The van der Waals surface area contributed by atoms with Crippen molar-refractivity contribution >= 4 is 46.1 Å². The summed E-state index contributed by atoms with van der Waals surface area (Å²) in [4.78, 5) is 52.9. The minimum absolute atomic E-state index is 0.170. The van der Waals surface area contributed by atoms with Gasteiger partial charge in [0.15, 0.2) is 5.75 Å². The number of ether oxygens (including phenoxy) is 2. The number of imide groups is 1. The standard InChI is InChI=1S/C23H22N2O6S/c1-13(26)25(15-6-8-16(30-4)9-7-15)23(29)20-21(31-14(2)27)18-12-17(32-5)10-11-19(18)24(3)22(20)28/h6-12H,1-5H3. The lowest BCUT2D eigenvalue weighted by Crippen LogP contribution is -2.40. The van der Waals surface area contributed by atoms with Crippen molar-refractivity contribution in [3.8, 4) is 11.5 Å². The topological polar surface area (TPSA) is 94.9 Å². The second-order valence-electron chi connectivity index (χ2n) is 6.90. The van der Waals surface area contributed by atoms with E-state index in [0.717, 1.165) is 9.80 Å². The summed E-state index contributed by atoms with van der Waals surface area (Å²) in [5, 5.41) is 0.413. The number of nitrogens with zero attached hydrogens (tertiary/aromatic N) is 2. The summed E-state index contributed by atoms with van der Waals surface area (Å²) in [6.07, 6.45) is 1.88. The number of methoxy groups -OCH3 is 1. The van der Waals surface area contributed by atoms with Crippen molar-refractivity contribution < 1.29 is 23.9 Å². The average molecular weight is 455 g/mol. The number of fused-ring (bicyclic) bond motifs is 1. The molecular weight excluding hydrogens is 432 g/mol.